The molecule has 0 aliphatic rings. The fraction of sp³-hybridized carbons (Fsp3) is 0.368. The maximum absolute atomic E-state index is 10.3. The maximum atomic E-state index is 10.3. The number of guanidine groups is 1. The summed E-state index contributed by atoms with van der Waals surface area (Å²) in [6.45, 7) is 5.97. The minimum atomic E-state index is -0.630. The summed E-state index contributed by atoms with van der Waals surface area (Å²) in [6, 6.07) is 12.1. The first-order valence-corrected chi connectivity index (χ1v) is 8.23. The van der Waals surface area contributed by atoms with E-state index in [9.17, 15) is 5.11 Å². The molecule has 5 nitrogen and oxygen atoms in total. The Bertz CT molecular complexity index is 640. The summed E-state index contributed by atoms with van der Waals surface area (Å²) in [5.41, 5.74) is 3.30. The number of aryl methyl sites for hydroxylation is 1. The molecular formula is C19H26N4O. The Labute approximate surface area is 144 Å². The van der Waals surface area contributed by atoms with E-state index in [1.54, 1.807) is 12.4 Å². The highest BCUT2D eigenvalue weighted by molar-refractivity contribution is 5.79. The smallest absolute Gasteiger partial charge is 0.194 e. The summed E-state index contributed by atoms with van der Waals surface area (Å²) in [6.07, 6.45) is 2.72. The molecule has 1 atom stereocenters. The lowest BCUT2D eigenvalue weighted by molar-refractivity contribution is 0.186. The van der Waals surface area contributed by atoms with Crippen LogP contribution in [0.15, 0.2) is 53.8 Å². The lowest BCUT2D eigenvalue weighted by Crippen LogP contribution is -2.38. The van der Waals surface area contributed by atoms with E-state index in [4.69, 9.17) is 0 Å². The summed E-state index contributed by atoms with van der Waals surface area (Å²) in [7, 11) is 2.00. The van der Waals surface area contributed by atoms with Crippen molar-refractivity contribution in [1.29, 1.82) is 0 Å². The van der Waals surface area contributed by atoms with Crippen LogP contribution >= 0.6 is 0 Å². The van der Waals surface area contributed by atoms with Gasteiger partial charge in [-0.1, -0.05) is 29.8 Å². The number of aliphatic hydroxyl groups is 1. The molecule has 0 saturated carbocycles. The third-order valence-corrected chi connectivity index (χ3v) is 3.74. The van der Waals surface area contributed by atoms with E-state index >= 15 is 0 Å². The number of hydrogen-bond acceptors (Lipinski definition) is 3. The predicted octanol–water partition coefficient (Wildman–Crippen LogP) is 2.52. The van der Waals surface area contributed by atoms with Crippen molar-refractivity contribution >= 4 is 5.96 Å². The molecule has 1 aromatic carbocycles. The molecule has 0 aliphatic carbocycles. The van der Waals surface area contributed by atoms with Crippen LogP contribution in [-0.4, -0.2) is 41.1 Å². The van der Waals surface area contributed by atoms with Crippen LogP contribution in [0.2, 0.25) is 0 Å². The quantitative estimate of drug-likeness (QED) is 0.632. The van der Waals surface area contributed by atoms with Gasteiger partial charge in [0.15, 0.2) is 5.96 Å². The Balaban J connectivity index is 2.02. The number of nitrogens with one attached hydrogen (secondary N) is 1. The van der Waals surface area contributed by atoms with Crippen LogP contribution in [0.3, 0.4) is 0 Å². The molecule has 2 aromatic rings. The number of aromatic nitrogens is 1. The number of benzene rings is 1. The lowest BCUT2D eigenvalue weighted by Gasteiger charge is -2.22. The van der Waals surface area contributed by atoms with Crippen molar-refractivity contribution < 1.29 is 5.11 Å². The van der Waals surface area contributed by atoms with Gasteiger partial charge in [-0.25, -0.2) is 0 Å². The first kappa shape index (κ1) is 17.9. The van der Waals surface area contributed by atoms with Crippen LogP contribution in [0, 0.1) is 6.92 Å². The van der Waals surface area contributed by atoms with Crippen LogP contribution in [0.5, 0.6) is 0 Å². The third-order valence-electron chi connectivity index (χ3n) is 3.74. The summed E-state index contributed by atoms with van der Waals surface area (Å²) < 4.78 is 0. The molecule has 2 rings (SSSR count). The van der Waals surface area contributed by atoms with Gasteiger partial charge in [-0.15, -0.1) is 0 Å². The molecule has 2 N–H and O–H groups in total. The van der Waals surface area contributed by atoms with Gasteiger partial charge >= 0.3 is 0 Å². The molecule has 0 radical (unpaired) electrons. The normalized spacial score (nSPS) is 12.8. The largest absolute Gasteiger partial charge is 0.386 e. The Morgan fingerprint density at radius 1 is 1.21 bits per heavy atom. The zero-order valence-corrected chi connectivity index (χ0v) is 14.6. The van der Waals surface area contributed by atoms with Crippen molar-refractivity contribution in [3.8, 4) is 0 Å². The molecule has 5 heteroatoms. The number of hydrogen-bond donors (Lipinski definition) is 2. The summed E-state index contributed by atoms with van der Waals surface area (Å²) in [4.78, 5) is 10.6. The molecule has 1 heterocycles. The van der Waals surface area contributed by atoms with Crippen LogP contribution in [-0.2, 0) is 6.54 Å². The highest BCUT2D eigenvalue weighted by Gasteiger charge is 2.10. The van der Waals surface area contributed by atoms with Crippen molar-refractivity contribution in [2.24, 2.45) is 4.99 Å². The van der Waals surface area contributed by atoms with E-state index in [0.717, 1.165) is 24.6 Å². The van der Waals surface area contributed by atoms with Gasteiger partial charge in [-0.2, -0.15) is 0 Å². The van der Waals surface area contributed by atoms with E-state index in [-0.39, 0.29) is 0 Å². The Kier molecular flexibility index (Phi) is 6.75. The molecule has 0 spiro atoms. The maximum Gasteiger partial charge on any atom is 0.194 e. The molecule has 1 aromatic heterocycles. The molecular weight excluding hydrogens is 300 g/mol. The second-order valence-electron chi connectivity index (χ2n) is 5.83. The van der Waals surface area contributed by atoms with Gasteiger partial charge < -0.3 is 15.3 Å². The monoisotopic (exact) mass is 326 g/mol. The van der Waals surface area contributed by atoms with Crippen LogP contribution in [0.1, 0.15) is 29.7 Å². The minimum absolute atomic E-state index is 0.310. The standard InChI is InChI=1S/C19H26N4O/c1-4-21-19(22-13-18(24)17-9-11-20-12-10-17)23(3)14-16-7-5-15(2)6-8-16/h5-12,18,24H,4,13-14H2,1-3H3,(H,21,22). The topological polar surface area (TPSA) is 60.8 Å². The minimum Gasteiger partial charge on any atom is -0.386 e. The van der Waals surface area contributed by atoms with E-state index in [1.807, 2.05) is 26.1 Å². The van der Waals surface area contributed by atoms with Gasteiger partial charge in [0.05, 0.1) is 12.6 Å². The van der Waals surface area contributed by atoms with Gasteiger partial charge in [-0.05, 0) is 37.1 Å². The fourth-order valence-corrected chi connectivity index (χ4v) is 2.38. The number of aliphatic hydroxyl groups excluding tert-OH is 1. The van der Waals surface area contributed by atoms with E-state index < -0.39 is 6.10 Å². The average molecular weight is 326 g/mol. The van der Waals surface area contributed by atoms with E-state index in [0.29, 0.717) is 6.54 Å². The Hall–Kier alpha value is -2.40. The zero-order valence-electron chi connectivity index (χ0n) is 14.6. The van der Waals surface area contributed by atoms with Crippen molar-refractivity contribution in [2.45, 2.75) is 26.5 Å². The molecule has 1 unspecified atom stereocenters. The highest BCUT2D eigenvalue weighted by atomic mass is 16.3. The lowest BCUT2D eigenvalue weighted by atomic mass is 10.1. The summed E-state index contributed by atoms with van der Waals surface area (Å²) in [5, 5.41) is 13.5. The van der Waals surface area contributed by atoms with E-state index in [1.165, 1.54) is 11.1 Å². The second kappa shape index (κ2) is 9.03. The number of pyridine rings is 1. The number of nitrogens with zero attached hydrogens (tertiary/aromatic N) is 3. The number of rotatable bonds is 6. The van der Waals surface area contributed by atoms with Gasteiger partial charge in [0.25, 0.3) is 0 Å². The molecule has 0 amide bonds. The first-order chi connectivity index (χ1) is 11.6. The van der Waals surface area contributed by atoms with Crippen molar-refractivity contribution in [1.82, 2.24) is 15.2 Å². The molecule has 0 aliphatic heterocycles. The highest BCUT2D eigenvalue weighted by Crippen LogP contribution is 2.12. The van der Waals surface area contributed by atoms with Crippen molar-refractivity contribution in [3.63, 3.8) is 0 Å². The zero-order chi connectivity index (χ0) is 17.4. The van der Waals surface area contributed by atoms with Crippen LogP contribution < -0.4 is 5.32 Å². The van der Waals surface area contributed by atoms with Crippen molar-refractivity contribution in [3.05, 3.63) is 65.5 Å². The molecule has 0 bridgehead atoms. The first-order valence-electron chi connectivity index (χ1n) is 8.23. The van der Waals surface area contributed by atoms with Crippen LogP contribution in [0.25, 0.3) is 0 Å². The van der Waals surface area contributed by atoms with Gasteiger partial charge in [0.2, 0.25) is 0 Å². The third kappa shape index (κ3) is 5.35. The van der Waals surface area contributed by atoms with Crippen molar-refractivity contribution in [2.75, 3.05) is 20.1 Å². The van der Waals surface area contributed by atoms with Gasteiger partial charge in [0.1, 0.15) is 0 Å². The Morgan fingerprint density at radius 2 is 1.88 bits per heavy atom. The molecule has 0 fully saturated rings. The fourth-order valence-electron chi connectivity index (χ4n) is 2.38. The van der Waals surface area contributed by atoms with Gasteiger partial charge in [0, 0.05) is 32.5 Å². The van der Waals surface area contributed by atoms with E-state index in [2.05, 4.69) is 51.4 Å². The van der Waals surface area contributed by atoms with Crippen LogP contribution in [0.4, 0.5) is 0 Å². The summed E-state index contributed by atoms with van der Waals surface area (Å²) >= 11 is 0. The predicted molar refractivity (Wildman–Crippen MR) is 97.8 cm³/mol. The molecule has 24 heavy (non-hydrogen) atoms. The number of aliphatic imine (C=N–C) groups is 1. The Morgan fingerprint density at radius 3 is 2.50 bits per heavy atom. The van der Waals surface area contributed by atoms with Gasteiger partial charge in [-0.3, -0.25) is 9.98 Å². The SMILES string of the molecule is CCNC(=NCC(O)c1ccncc1)N(C)Cc1ccc(C)cc1. The second-order valence-corrected chi connectivity index (χ2v) is 5.83. The average Bonchev–Trinajstić information content (AvgIpc) is 2.61. The molecule has 0 saturated heterocycles. The summed E-state index contributed by atoms with van der Waals surface area (Å²) in [5.74, 6) is 0.784. The molecule has 128 valence electrons.